The van der Waals surface area contributed by atoms with Gasteiger partial charge in [-0.25, -0.2) is 0 Å². The van der Waals surface area contributed by atoms with Gasteiger partial charge < -0.3 is 0 Å². The molecule has 0 nitrogen and oxygen atoms in total. The molecule has 3 aromatic rings. The van der Waals surface area contributed by atoms with Crippen LogP contribution in [0.5, 0.6) is 0 Å². The molecule has 0 fully saturated rings. The number of rotatable bonds is 6. The summed E-state index contributed by atoms with van der Waals surface area (Å²) in [5.41, 5.74) is 6.50. The molecule has 0 aliphatic rings. The van der Waals surface area contributed by atoms with Crippen molar-refractivity contribution in [1.82, 2.24) is 0 Å². The molecule has 3 aromatic carbocycles. The zero-order valence-corrected chi connectivity index (χ0v) is 19.5. The molecule has 0 unspecified atom stereocenters. The Bertz CT molecular complexity index is 865. The van der Waals surface area contributed by atoms with Crippen LogP contribution in [-0.2, 0) is 6.42 Å². The van der Waals surface area contributed by atoms with E-state index < -0.39 is 7.38 Å². The Kier molecular flexibility index (Phi) is 6.47. The average Bonchev–Trinajstić information content (AvgIpc) is 2.64. The van der Waals surface area contributed by atoms with Crippen LogP contribution >= 0.6 is 11.1 Å². The van der Waals surface area contributed by atoms with E-state index in [1.54, 1.807) is 0 Å². The van der Waals surface area contributed by atoms with Crippen LogP contribution in [0.3, 0.4) is 0 Å². The van der Waals surface area contributed by atoms with E-state index in [9.17, 15) is 0 Å². The molecule has 0 aromatic heterocycles. The van der Waals surface area contributed by atoms with Crippen LogP contribution in [0.2, 0.25) is 0 Å². The lowest BCUT2D eigenvalue weighted by Crippen LogP contribution is -2.63. The fourth-order valence-electron chi connectivity index (χ4n) is 4.13. The number of hydrogen-bond donors (Lipinski definition) is 0. The summed E-state index contributed by atoms with van der Waals surface area (Å²) in [4.78, 5) is 0. The van der Waals surface area contributed by atoms with Crippen LogP contribution in [0.15, 0.2) is 60.7 Å². The summed E-state index contributed by atoms with van der Waals surface area (Å²) < 4.78 is 0. The van der Waals surface area contributed by atoms with Gasteiger partial charge in [0.25, 0.3) is 0 Å². The highest BCUT2D eigenvalue weighted by Crippen LogP contribution is 2.17. The van der Waals surface area contributed by atoms with E-state index in [2.05, 4.69) is 95.3 Å². The Morgan fingerprint density at radius 1 is 0.643 bits per heavy atom. The van der Waals surface area contributed by atoms with E-state index in [1.165, 1.54) is 56.2 Å². The summed E-state index contributed by atoms with van der Waals surface area (Å²) in [7, 11) is -2.59. The second-order valence-corrected chi connectivity index (χ2v) is 13.0. The van der Waals surface area contributed by atoms with E-state index in [4.69, 9.17) is 11.1 Å². The number of unbranched alkanes of at least 4 members (excludes halogenated alkanes) is 1. The van der Waals surface area contributed by atoms with Crippen molar-refractivity contribution in [2.45, 2.75) is 53.9 Å². The topological polar surface area (TPSA) is 0 Å². The molecular weight excluding hydrogens is 376 g/mol. The summed E-state index contributed by atoms with van der Waals surface area (Å²) >= 11 is 7.70. The Labute approximate surface area is 176 Å². The molecule has 28 heavy (non-hydrogen) atoms. The highest BCUT2D eigenvalue weighted by molar-refractivity contribution is 7.40. The number of hydrogen-bond acceptors (Lipinski definition) is 0. The van der Waals surface area contributed by atoms with Gasteiger partial charge in [-0.15, -0.1) is 11.1 Å². The highest BCUT2D eigenvalue weighted by Gasteiger charge is 2.38. The third kappa shape index (κ3) is 4.42. The molecule has 146 valence electrons. The first kappa shape index (κ1) is 20.9. The molecule has 0 saturated carbocycles. The Hall–Kier alpha value is -1.83. The minimum atomic E-state index is -2.59. The van der Waals surface area contributed by atoms with Gasteiger partial charge in [0, 0.05) is 0 Å². The molecule has 0 N–H and O–H groups in total. The highest BCUT2D eigenvalue weighted by atomic mass is 35.6. The molecule has 3 rings (SSSR count). The van der Waals surface area contributed by atoms with Gasteiger partial charge >= 0.3 is 0 Å². The second kappa shape index (κ2) is 8.67. The maximum absolute atomic E-state index is 7.70. The summed E-state index contributed by atoms with van der Waals surface area (Å²) in [5.74, 6) is 0. The number of benzene rings is 3. The first-order chi connectivity index (χ1) is 13.3. The maximum Gasteiger partial charge on any atom is 0.247 e. The van der Waals surface area contributed by atoms with Gasteiger partial charge in [0.15, 0.2) is 0 Å². The van der Waals surface area contributed by atoms with Crippen molar-refractivity contribution in [3.63, 3.8) is 0 Å². The molecule has 0 atom stereocenters. The number of halogens is 1. The standard InChI is InChI=1S/C26H31ClSi/c1-6-7-8-23-9-11-24(12-10-23)28(27,25-15-19(2)13-20(3)16-25)26-17-21(4)14-22(5)18-26/h9-18H,6-8H2,1-5H3. The smallest absolute Gasteiger partial charge is 0.149 e. The van der Waals surface area contributed by atoms with Gasteiger partial charge in [-0.1, -0.05) is 96.3 Å². The summed E-state index contributed by atoms with van der Waals surface area (Å²) in [6.07, 6.45) is 3.60. The van der Waals surface area contributed by atoms with Crippen LogP contribution in [-0.4, -0.2) is 7.38 Å². The minimum Gasteiger partial charge on any atom is -0.149 e. The van der Waals surface area contributed by atoms with Gasteiger partial charge in [0.2, 0.25) is 7.38 Å². The average molecular weight is 407 g/mol. The van der Waals surface area contributed by atoms with E-state index in [0.717, 1.165) is 6.42 Å². The zero-order valence-electron chi connectivity index (χ0n) is 17.8. The fourth-order valence-corrected chi connectivity index (χ4v) is 8.49. The predicted octanol–water partition coefficient (Wildman–Crippen LogP) is 5.47. The molecule has 0 amide bonds. The van der Waals surface area contributed by atoms with E-state index >= 15 is 0 Å². The lowest BCUT2D eigenvalue weighted by atomic mass is 10.1. The fraction of sp³-hybridized carbons (Fsp3) is 0.308. The van der Waals surface area contributed by atoms with E-state index in [-0.39, 0.29) is 0 Å². The van der Waals surface area contributed by atoms with Gasteiger partial charge in [-0.2, -0.15) is 0 Å². The van der Waals surface area contributed by atoms with Crippen LogP contribution < -0.4 is 15.6 Å². The summed E-state index contributed by atoms with van der Waals surface area (Å²) in [5, 5.41) is 3.82. The molecule has 0 radical (unpaired) electrons. The Morgan fingerprint density at radius 3 is 1.46 bits per heavy atom. The van der Waals surface area contributed by atoms with Crippen molar-refractivity contribution < 1.29 is 0 Å². The maximum atomic E-state index is 7.70. The van der Waals surface area contributed by atoms with E-state index in [0.29, 0.717) is 0 Å². The Balaban J connectivity index is 2.19. The third-order valence-corrected chi connectivity index (χ3v) is 10.7. The molecular formula is C26H31ClSi. The molecule has 0 heterocycles. The molecule has 0 spiro atoms. The van der Waals surface area contributed by atoms with E-state index in [1.807, 2.05) is 0 Å². The lowest BCUT2D eigenvalue weighted by Gasteiger charge is -2.28. The third-order valence-electron chi connectivity index (χ3n) is 5.41. The van der Waals surface area contributed by atoms with Crippen molar-refractivity contribution in [1.29, 1.82) is 0 Å². The van der Waals surface area contributed by atoms with Gasteiger partial charge in [0.1, 0.15) is 0 Å². The van der Waals surface area contributed by atoms with Crippen LogP contribution in [0, 0.1) is 27.7 Å². The molecule has 0 bridgehead atoms. The van der Waals surface area contributed by atoms with Crippen LogP contribution in [0.4, 0.5) is 0 Å². The lowest BCUT2D eigenvalue weighted by molar-refractivity contribution is 0.795. The predicted molar refractivity (Wildman–Crippen MR) is 127 cm³/mol. The summed E-state index contributed by atoms with van der Waals surface area (Å²) in [6, 6.07) is 22.7. The van der Waals surface area contributed by atoms with Crippen LogP contribution in [0.1, 0.15) is 47.6 Å². The van der Waals surface area contributed by atoms with Crippen molar-refractivity contribution in [2.75, 3.05) is 0 Å². The minimum absolute atomic E-state index is 1.14. The SMILES string of the molecule is CCCCc1ccc([Si](Cl)(c2cc(C)cc(C)c2)c2cc(C)cc(C)c2)cc1. The van der Waals surface area contributed by atoms with Crippen molar-refractivity contribution in [3.05, 3.63) is 88.5 Å². The van der Waals surface area contributed by atoms with Crippen molar-refractivity contribution in [2.24, 2.45) is 0 Å². The monoisotopic (exact) mass is 406 g/mol. The normalized spacial score (nSPS) is 11.6. The quantitative estimate of drug-likeness (QED) is 0.289. The van der Waals surface area contributed by atoms with Gasteiger partial charge in [0.05, 0.1) is 0 Å². The van der Waals surface area contributed by atoms with Crippen molar-refractivity contribution in [3.8, 4) is 0 Å². The molecule has 2 heteroatoms. The second-order valence-electron chi connectivity index (χ2n) is 8.21. The summed E-state index contributed by atoms with van der Waals surface area (Å²) in [6.45, 7) is 10.9. The van der Waals surface area contributed by atoms with Crippen molar-refractivity contribution >= 4 is 34.0 Å². The number of aryl methyl sites for hydroxylation is 5. The molecule has 0 aliphatic carbocycles. The first-order valence-electron chi connectivity index (χ1n) is 10.3. The Morgan fingerprint density at radius 2 is 1.07 bits per heavy atom. The van der Waals surface area contributed by atoms with Gasteiger partial charge in [-0.05, 0) is 61.7 Å². The largest absolute Gasteiger partial charge is 0.247 e. The first-order valence-corrected chi connectivity index (χ1v) is 13.3. The molecule has 0 aliphatic heterocycles. The zero-order chi connectivity index (χ0) is 20.3. The molecule has 0 saturated heterocycles. The van der Waals surface area contributed by atoms with Crippen LogP contribution in [0.25, 0.3) is 0 Å². The van der Waals surface area contributed by atoms with Gasteiger partial charge in [-0.3, -0.25) is 0 Å².